The molecule has 0 spiro atoms. The van der Waals surface area contributed by atoms with E-state index in [9.17, 15) is 0 Å². The van der Waals surface area contributed by atoms with E-state index in [1.807, 2.05) is 0 Å². The molecule has 1 N–H and O–H groups in total. The highest BCUT2D eigenvalue weighted by molar-refractivity contribution is 5.81. The Bertz CT molecular complexity index is 556. The average molecular weight is 273 g/mol. The predicted octanol–water partition coefficient (Wildman–Crippen LogP) is 5.25. The Kier molecular flexibility index (Phi) is 4.87. The molecule has 1 aromatic heterocycles. The lowest BCUT2D eigenvalue weighted by molar-refractivity contribution is 0.356. The second-order valence-electron chi connectivity index (χ2n) is 6.00. The molecule has 0 bridgehead atoms. The van der Waals surface area contributed by atoms with Gasteiger partial charge in [-0.15, -0.1) is 0 Å². The topological polar surface area (TPSA) is 25.2 Å². The molecule has 110 valence electrons. The van der Waals surface area contributed by atoms with Crippen LogP contribution in [0.1, 0.15) is 64.3 Å². The Labute approximate surface area is 122 Å². The zero-order valence-electron chi connectivity index (χ0n) is 13.4. The number of para-hydroxylation sites is 1. The molecule has 0 fully saturated rings. The molecular weight excluding hydrogens is 246 g/mol. The summed E-state index contributed by atoms with van der Waals surface area (Å²) in [6, 6.07) is 8.98. The molecule has 2 unspecified atom stereocenters. The molecule has 0 aliphatic heterocycles. The predicted molar refractivity (Wildman–Crippen MR) is 86.2 cm³/mol. The van der Waals surface area contributed by atoms with Crippen molar-refractivity contribution in [2.75, 3.05) is 6.54 Å². The van der Waals surface area contributed by atoms with Crippen LogP contribution in [0.5, 0.6) is 0 Å². The summed E-state index contributed by atoms with van der Waals surface area (Å²) in [7, 11) is 0. The quantitative estimate of drug-likeness (QED) is 0.777. The molecule has 2 atom stereocenters. The van der Waals surface area contributed by atoms with Gasteiger partial charge in [0.2, 0.25) is 0 Å². The van der Waals surface area contributed by atoms with Crippen LogP contribution in [0.25, 0.3) is 11.0 Å². The van der Waals surface area contributed by atoms with Crippen molar-refractivity contribution >= 4 is 11.0 Å². The second-order valence-corrected chi connectivity index (χ2v) is 6.00. The van der Waals surface area contributed by atoms with E-state index in [2.05, 4.69) is 64.2 Å². The maximum Gasteiger partial charge on any atom is 0.137 e. The maximum absolute atomic E-state index is 6.24. The van der Waals surface area contributed by atoms with Gasteiger partial charge in [0.1, 0.15) is 11.3 Å². The number of hydrogen-bond donors (Lipinski definition) is 1. The van der Waals surface area contributed by atoms with Crippen molar-refractivity contribution in [3.8, 4) is 0 Å². The minimum atomic E-state index is 0.289. The van der Waals surface area contributed by atoms with Crippen LogP contribution in [0.2, 0.25) is 0 Å². The van der Waals surface area contributed by atoms with Gasteiger partial charge in [-0.1, -0.05) is 52.8 Å². The largest absolute Gasteiger partial charge is 0.459 e. The summed E-state index contributed by atoms with van der Waals surface area (Å²) in [5.74, 6) is 2.12. The van der Waals surface area contributed by atoms with Crippen LogP contribution in [-0.4, -0.2) is 6.54 Å². The molecule has 0 aliphatic carbocycles. The highest BCUT2D eigenvalue weighted by atomic mass is 16.3. The molecule has 0 aliphatic rings. The minimum absolute atomic E-state index is 0.289. The molecule has 1 aromatic carbocycles. The van der Waals surface area contributed by atoms with Crippen LogP contribution in [-0.2, 0) is 0 Å². The third kappa shape index (κ3) is 2.90. The molecule has 0 amide bonds. The molecule has 1 heterocycles. The van der Waals surface area contributed by atoms with Crippen molar-refractivity contribution in [1.82, 2.24) is 5.32 Å². The highest BCUT2D eigenvalue weighted by Gasteiger charge is 2.20. The third-order valence-corrected chi connectivity index (χ3v) is 4.13. The van der Waals surface area contributed by atoms with E-state index in [0.29, 0.717) is 11.8 Å². The third-order valence-electron chi connectivity index (χ3n) is 4.13. The Morgan fingerprint density at radius 3 is 2.50 bits per heavy atom. The van der Waals surface area contributed by atoms with E-state index >= 15 is 0 Å². The Morgan fingerprint density at radius 1 is 1.15 bits per heavy atom. The smallest absolute Gasteiger partial charge is 0.137 e. The normalized spacial score (nSPS) is 14.9. The monoisotopic (exact) mass is 273 g/mol. The molecule has 2 rings (SSSR count). The first-order valence-corrected chi connectivity index (χ1v) is 7.84. The number of nitrogens with one attached hydrogen (secondary N) is 1. The first-order valence-electron chi connectivity index (χ1n) is 7.84. The Balaban J connectivity index is 2.47. The van der Waals surface area contributed by atoms with Crippen LogP contribution >= 0.6 is 0 Å². The van der Waals surface area contributed by atoms with Gasteiger partial charge in [0.25, 0.3) is 0 Å². The molecular formula is C18H27NO. The van der Waals surface area contributed by atoms with E-state index in [1.165, 1.54) is 10.9 Å². The van der Waals surface area contributed by atoms with Gasteiger partial charge < -0.3 is 9.73 Å². The van der Waals surface area contributed by atoms with E-state index in [-0.39, 0.29) is 6.04 Å². The van der Waals surface area contributed by atoms with Gasteiger partial charge in [-0.25, -0.2) is 0 Å². The summed E-state index contributed by atoms with van der Waals surface area (Å²) in [5, 5.41) is 4.75. The molecule has 0 radical (unpaired) electrons. The van der Waals surface area contributed by atoms with Crippen LogP contribution in [0.3, 0.4) is 0 Å². The van der Waals surface area contributed by atoms with Crippen LogP contribution in [0.4, 0.5) is 0 Å². The lowest BCUT2D eigenvalue weighted by Crippen LogP contribution is -2.24. The number of benzene rings is 1. The fraction of sp³-hybridized carbons (Fsp3) is 0.556. The summed E-state index contributed by atoms with van der Waals surface area (Å²) < 4.78 is 6.24. The summed E-state index contributed by atoms with van der Waals surface area (Å²) in [4.78, 5) is 0. The number of rotatable bonds is 6. The van der Waals surface area contributed by atoms with Crippen molar-refractivity contribution in [3.05, 3.63) is 35.6 Å². The SMILES string of the molecule is CCNC(c1cc2cccc(C(C)CC)c2o1)C(C)C. The van der Waals surface area contributed by atoms with Gasteiger partial charge in [-0.3, -0.25) is 0 Å². The van der Waals surface area contributed by atoms with Gasteiger partial charge in [0.05, 0.1) is 6.04 Å². The fourth-order valence-electron chi connectivity index (χ4n) is 2.75. The lowest BCUT2D eigenvalue weighted by atomic mass is 9.97. The van der Waals surface area contributed by atoms with Gasteiger partial charge >= 0.3 is 0 Å². The van der Waals surface area contributed by atoms with Gasteiger partial charge in [0.15, 0.2) is 0 Å². The first kappa shape index (κ1) is 15.1. The van der Waals surface area contributed by atoms with Crippen molar-refractivity contribution < 1.29 is 4.42 Å². The Hall–Kier alpha value is -1.28. The van der Waals surface area contributed by atoms with Crippen LogP contribution in [0.15, 0.2) is 28.7 Å². The van der Waals surface area contributed by atoms with Crippen molar-refractivity contribution in [2.24, 2.45) is 5.92 Å². The van der Waals surface area contributed by atoms with Gasteiger partial charge in [-0.2, -0.15) is 0 Å². The van der Waals surface area contributed by atoms with E-state index in [1.54, 1.807) is 0 Å². The van der Waals surface area contributed by atoms with Crippen molar-refractivity contribution in [1.29, 1.82) is 0 Å². The zero-order chi connectivity index (χ0) is 14.7. The first-order chi connectivity index (χ1) is 9.58. The summed E-state index contributed by atoms with van der Waals surface area (Å²) in [5.41, 5.74) is 2.40. The van der Waals surface area contributed by atoms with Gasteiger partial charge in [0, 0.05) is 5.39 Å². The highest BCUT2D eigenvalue weighted by Crippen LogP contribution is 2.33. The lowest BCUT2D eigenvalue weighted by Gasteiger charge is -2.19. The van der Waals surface area contributed by atoms with Crippen LogP contribution < -0.4 is 5.32 Å². The van der Waals surface area contributed by atoms with Crippen molar-refractivity contribution in [2.45, 2.75) is 53.0 Å². The molecule has 0 saturated heterocycles. The summed E-state index contributed by atoms with van der Waals surface area (Å²) in [6.45, 7) is 12.1. The molecule has 0 saturated carbocycles. The number of furan rings is 1. The van der Waals surface area contributed by atoms with Gasteiger partial charge in [-0.05, 0) is 36.4 Å². The Morgan fingerprint density at radius 2 is 1.90 bits per heavy atom. The van der Waals surface area contributed by atoms with Crippen molar-refractivity contribution in [3.63, 3.8) is 0 Å². The maximum atomic E-state index is 6.24. The molecule has 2 aromatic rings. The number of fused-ring (bicyclic) bond motifs is 1. The van der Waals surface area contributed by atoms with E-state index in [0.717, 1.165) is 24.3 Å². The van der Waals surface area contributed by atoms with E-state index < -0.39 is 0 Å². The summed E-state index contributed by atoms with van der Waals surface area (Å²) >= 11 is 0. The number of hydrogen-bond acceptors (Lipinski definition) is 2. The fourth-order valence-corrected chi connectivity index (χ4v) is 2.75. The molecule has 2 nitrogen and oxygen atoms in total. The standard InChI is InChI=1S/C18H27NO/c1-6-13(5)15-10-8-9-14-11-16(20-18(14)15)17(12(3)4)19-7-2/h8-13,17,19H,6-7H2,1-5H3. The van der Waals surface area contributed by atoms with E-state index in [4.69, 9.17) is 4.42 Å². The second kappa shape index (κ2) is 6.45. The molecule has 20 heavy (non-hydrogen) atoms. The average Bonchev–Trinajstić information content (AvgIpc) is 2.86. The zero-order valence-corrected chi connectivity index (χ0v) is 13.4. The minimum Gasteiger partial charge on any atom is -0.459 e. The molecule has 2 heteroatoms. The van der Waals surface area contributed by atoms with Crippen LogP contribution in [0, 0.1) is 5.92 Å². The summed E-state index contributed by atoms with van der Waals surface area (Å²) in [6.07, 6.45) is 1.13.